The van der Waals surface area contributed by atoms with Crippen LogP contribution in [0.25, 0.3) is 0 Å². The number of hydrogen-bond acceptors (Lipinski definition) is 4. The lowest BCUT2D eigenvalue weighted by Crippen LogP contribution is -2.36. The molecule has 5 nitrogen and oxygen atoms in total. The molecule has 1 amide bonds. The van der Waals surface area contributed by atoms with E-state index >= 15 is 0 Å². The Kier molecular flexibility index (Phi) is 4.63. The largest absolute Gasteiger partial charge is 0.348 e. The number of carbonyl (C=O) groups excluding carboxylic acids is 1. The molecule has 3 rings (SSSR count). The molecule has 1 aromatic carbocycles. The van der Waals surface area contributed by atoms with Crippen LogP contribution in [0.4, 0.5) is 11.5 Å². The molecule has 2 N–H and O–H groups in total. The van der Waals surface area contributed by atoms with Gasteiger partial charge in [-0.2, -0.15) is 0 Å². The van der Waals surface area contributed by atoms with Gasteiger partial charge in [0.2, 0.25) is 0 Å². The maximum atomic E-state index is 12.1. The Morgan fingerprint density at radius 1 is 1.00 bits per heavy atom. The molecule has 1 aliphatic carbocycles. The maximum Gasteiger partial charge on any atom is 0.271 e. The number of nitrogens with one attached hydrogen (secondary N) is 2. The van der Waals surface area contributed by atoms with E-state index in [-0.39, 0.29) is 11.9 Å². The number of aromatic nitrogens is 2. The highest BCUT2D eigenvalue weighted by atomic mass is 16.1. The Morgan fingerprint density at radius 3 is 2.45 bits per heavy atom. The van der Waals surface area contributed by atoms with Crippen LogP contribution in [0.2, 0.25) is 0 Å². The normalized spacial score (nSPS) is 15.3. The Labute approximate surface area is 130 Å². The summed E-state index contributed by atoms with van der Waals surface area (Å²) >= 11 is 0. The second-order valence-corrected chi connectivity index (χ2v) is 5.59. The van der Waals surface area contributed by atoms with Gasteiger partial charge in [0.1, 0.15) is 11.5 Å². The summed E-state index contributed by atoms with van der Waals surface area (Å²) in [5, 5.41) is 6.19. The van der Waals surface area contributed by atoms with Crippen LogP contribution in [-0.4, -0.2) is 21.9 Å². The first-order valence-electron chi connectivity index (χ1n) is 7.76. The van der Waals surface area contributed by atoms with E-state index in [0.717, 1.165) is 18.5 Å². The average Bonchev–Trinajstić information content (AvgIpc) is 2.57. The summed E-state index contributed by atoms with van der Waals surface area (Å²) in [6, 6.07) is 10.0. The van der Waals surface area contributed by atoms with Crippen LogP contribution < -0.4 is 10.6 Å². The van der Waals surface area contributed by atoms with Crippen molar-refractivity contribution in [1.29, 1.82) is 0 Å². The Morgan fingerprint density at radius 2 is 1.77 bits per heavy atom. The van der Waals surface area contributed by atoms with Gasteiger partial charge in [0.15, 0.2) is 0 Å². The zero-order chi connectivity index (χ0) is 15.2. The number of hydrogen-bond donors (Lipinski definition) is 2. The molecule has 0 aliphatic heterocycles. The van der Waals surface area contributed by atoms with Crippen molar-refractivity contribution in [3.63, 3.8) is 0 Å². The van der Waals surface area contributed by atoms with Gasteiger partial charge in [-0.25, -0.2) is 9.97 Å². The summed E-state index contributed by atoms with van der Waals surface area (Å²) in [5.41, 5.74) is 1.31. The van der Waals surface area contributed by atoms with Gasteiger partial charge in [0, 0.05) is 11.7 Å². The number of para-hydroxylation sites is 1. The van der Waals surface area contributed by atoms with E-state index < -0.39 is 0 Å². The van der Waals surface area contributed by atoms with Crippen molar-refractivity contribution in [2.45, 2.75) is 38.1 Å². The number of carbonyl (C=O) groups is 1. The van der Waals surface area contributed by atoms with E-state index in [1.54, 1.807) is 6.20 Å². The molecule has 0 saturated heterocycles. The lowest BCUT2D eigenvalue weighted by Gasteiger charge is -2.22. The third kappa shape index (κ3) is 3.81. The van der Waals surface area contributed by atoms with E-state index in [1.165, 1.54) is 25.5 Å². The van der Waals surface area contributed by atoms with Gasteiger partial charge in [-0.1, -0.05) is 37.5 Å². The maximum absolute atomic E-state index is 12.1. The summed E-state index contributed by atoms with van der Waals surface area (Å²) in [5.74, 6) is 0.492. The fourth-order valence-electron chi connectivity index (χ4n) is 2.69. The summed E-state index contributed by atoms with van der Waals surface area (Å²) < 4.78 is 0. The minimum absolute atomic E-state index is 0.134. The zero-order valence-electron chi connectivity index (χ0n) is 12.5. The van der Waals surface area contributed by atoms with Crippen molar-refractivity contribution in [2.75, 3.05) is 5.32 Å². The highest BCUT2D eigenvalue weighted by Gasteiger charge is 2.17. The molecule has 1 saturated carbocycles. The third-order valence-electron chi connectivity index (χ3n) is 3.87. The van der Waals surface area contributed by atoms with Crippen molar-refractivity contribution in [3.8, 4) is 0 Å². The van der Waals surface area contributed by atoms with Crippen molar-refractivity contribution in [3.05, 3.63) is 48.4 Å². The van der Waals surface area contributed by atoms with Gasteiger partial charge in [0.25, 0.3) is 5.91 Å². The second kappa shape index (κ2) is 7.02. The first-order valence-corrected chi connectivity index (χ1v) is 7.76. The van der Waals surface area contributed by atoms with Crippen molar-refractivity contribution in [2.24, 2.45) is 0 Å². The second-order valence-electron chi connectivity index (χ2n) is 5.59. The average molecular weight is 296 g/mol. The van der Waals surface area contributed by atoms with Crippen LogP contribution in [0.15, 0.2) is 42.7 Å². The Balaban J connectivity index is 1.59. The summed E-state index contributed by atoms with van der Waals surface area (Å²) in [6.45, 7) is 0. The van der Waals surface area contributed by atoms with E-state index in [9.17, 15) is 4.79 Å². The summed E-state index contributed by atoms with van der Waals surface area (Å²) in [6.07, 6.45) is 8.88. The molecule has 0 atom stereocenters. The molecule has 5 heteroatoms. The van der Waals surface area contributed by atoms with Gasteiger partial charge >= 0.3 is 0 Å². The van der Waals surface area contributed by atoms with Gasteiger partial charge in [-0.15, -0.1) is 0 Å². The van der Waals surface area contributed by atoms with Crippen LogP contribution in [0.1, 0.15) is 42.6 Å². The first-order chi connectivity index (χ1) is 10.8. The highest BCUT2D eigenvalue weighted by molar-refractivity contribution is 5.92. The molecule has 22 heavy (non-hydrogen) atoms. The number of rotatable bonds is 4. The van der Waals surface area contributed by atoms with Gasteiger partial charge < -0.3 is 10.6 Å². The molecule has 2 aromatic rings. The molecule has 0 unspecified atom stereocenters. The highest BCUT2D eigenvalue weighted by Crippen LogP contribution is 2.18. The predicted molar refractivity (Wildman–Crippen MR) is 86.1 cm³/mol. The first kappa shape index (κ1) is 14.5. The van der Waals surface area contributed by atoms with E-state index in [0.29, 0.717) is 11.5 Å². The lowest BCUT2D eigenvalue weighted by molar-refractivity contribution is 0.0922. The molecular weight excluding hydrogens is 276 g/mol. The SMILES string of the molecule is O=C(NC1CCCCC1)c1cnc(Nc2ccccc2)cn1. The number of anilines is 2. The Bertz CT molecular complexity index is 606. The number of nitrogens with zero attached hydrogens (tertiary/aromatic N) is 2. The van der Waals surface area contributed by atoms with E-state index in [4.69, 9.17) is 0 Å². The van der Waals surface area contributed by atoms with Crippen molar-refractivity contribution in [1.82, 2.24) is 15.3 Å². The molecule has 1 aromatic heterocycles. The molecule has 0 spiro atoms. The standard InChI is InChI=1S/C17H20N4O/c22-17(21-14-9-5-2-6-10-14)15-11-19-16(12-18-15)20-13-7-3-1-4-8-13/h1,3-4,7-8,11-12,14H,2,5-6,9-10H2,(H,19,20)(H,21,22). The molecule has 0 radical (unpaired) electrons. The molecule has 1 fully saturated rings. The summed E-state index contributed by atoms with van der Waals surface area (Å²) in [4.78, 5) is 20.6. The molecule has 1 heterocycles. The zero-order valence-corrected chi connectivity index (χ0v) is 12.5. The minimum atomic E-state index is -0.134. The fourth-order valence-corrected chi connectivity index (χ4v) is 2.69. The van der Waals surface area contributed by atoms with E-state index in [2.05, 4.69) is 20.6 Å². The number of amides is 1. The van der Waals surface area contributed by atoms with Crippen LogP contribution >= 0.6 is 0 Å². The molecular formula is C17H20N4O. The smallest absolute Gasteiger partial charge is 0.271 e. The molecule has 0 bridgehead atoms. The lowest BCUT2D eigenvalue weighted by atomic mass is 9.95. The van der Waals surface area contributed by atoms with Gasteiger partial charge in [-0.05, 0) is 25.0 Å². The molecule has 114 valence electrons. The fraction of sp³-hybridized carbons (Fsp3) is 0.353. The third-order valence-corrected chi connectivity index (χ3v) is 3.87. The van der Waals surface area contributed by atoms with Crippen molar-refractivity contribution >= 4 is 17.4 Å². The molecule has 1 aliphatic rings. The quantitative estimate of drug-likeness (QED) is 0.908. The van der Waals surface area contributed by atoms with E-state index in [1.807, 2.05) is 30.3 Å². The topological polar surface area (TPSA) is 66.9 Å². The van der Waals surface area contributed by atoms with Gasteiger partial charge in [0.05, 0.1) is 12.4 Å². The Hall–Kier alpha value is -2.43. The van der Waals surface area contributed by atoms with Crippen LogP contribution in [0, 0.1) is 0 Å². The monoisotopic (exact) mass is 296 g/mol. The number of benzene rings is 1. The van der Waals surface area contributed by atoms with Crippen LogP contribution in [0.5, 0.6) is 0 Å². The predicted octanol–water partition coefficient (Wildman–Crippen LogP) is 3.28. The van der Waals surface area contributed by atoms with Gasteiger partial charge in [-0.3, -0.25) is 4.79 Å². The summed E-state index contributed by atoms with van der Waals surface area (Å²) in [7, 11) is 0. The van der Waals surface area contributed by atoms with Crippen molar-refractivity contribution < 1.29 is 4.79 Å². The van der Waals surface area contributed by atoms with Crippen LogP contribution in [0.3, 0.4) is 0 Å². The minimum Gasteiger partial charge on any atom is -0.348 e. The van der Waals surface area contributed by atoms with Crippen LogP contribution in [-0.2, 0) is 0 Å².